The number of hydrogen-bond donors (Lipinski definition) is 0. The van der Waals surface area contributed by atoms with Crippen LogP contribution >= 0.6 is 0 Å². The molecule has 0 aliphatic rings. The number of Topliss-reactive ketones (excluding diaryl/α,β-unsaturated/α-hetero) is 2. The van der Waals surface area contributed by atoms with Crippen molar-refractivity contribution in [3.05, 3.63) is 65.5 Å². The molecular weight excluding hydrogens is 259 g/mol. The maximum absolute atomic E-state index is 13.6. The van der Waals surface area contributed by atoms with Gasteiger partial charge in [0.15, 0.2) is 18.2 Å². The Morgan fingerprint density at radius 1 is 1.10 bits per heavy atom. The van der Waals surface area contributed by atoms with Crippen molar-refractivity contribution in [1.82, 2.24) is 0 Å². The molecule has 0 saturated carbocycles. The molecule has 0 aromatic heterocycles. The van der Waals surface area contributed by atoms with Crippen molar-refractivity contribution in [3.8, 4) is 5.75 Å². The molecule has 2 aromatic carbocycles. The third-order valence-corrected chi connectivity index (χ3v) is 2.79. The second kappa shape index (κ2) is 6.10. The average Bonchev–Trinajstić information content (AvgIpc) is 2.45. The van der Waals surface area contributed by atoms with E-state index in [1.807, 2.05) is 6.07 Å². The molecule has 0 spiro atoms. The van der Waals surface area contributed by atoms with Crippen LogP contribution in [0.3, 0.4) is 0 Å². The number of carbonyl (C=O) groups excluding carboxylic acids is 2. The number of halogens is 1. The van der Waals surface area contributed by atoms with Crippen LogP contribution in [0.2, 0.25) is 0 Å². The Morgan fingerprint density at radius 2 is 1.80 bits per heavy atom. The van der Waals surface area contributed by atoms with Gasteiger partial charge in [-0.3, -0.25) is 9.59 Å². The van der Waals surface area contributed by atoms with E-state index >= 15 is 0 Å². The molecule has 0 amide bonds. The highest BCUT2D eigenvalue weighted by molar-refractivity contribution is 5.97. The molecule has 0 radical (unpaired) electrons. The quantitative estimate of drug-likeness (QED) is 0.784. The molecule has 2 aromatic rings. The molecule has 0 aliphatic heterocycles. The standard InChI is InChI=1S/C16H13FO3/c1-11(18)14-8-7-13(9-15(14)17)20-10-16(19)12-5-3-2-4-6-12/h2-9H,10H2,1H3. The van der Waals surface area contributed by atoms with Crippen LogP contribution in [0.1, 0.15) is 27.6 Å². The lowest BCUT2D eigenvalue weighted by Crippen LogP contribution is -2.11. The zero-order chi connectivity index (χ0) is 14.5. The van der Waals surface area contributed by atoms with Crippen molar-refractivity contribution >= 4 is 11.6 Å². The number of carbonyl (C=O) groups is 2. The Bertz CT molecular complexity index is 635. The Kier molecular flexibility index (Phi) is 4.25. The molecule has 0 aliphatic carbocycles. The van der Waals surface area contributed by atoms with E-state index in [1.165, 1.54) is 19.1 Å². The van der Waals surface area contributed by atoms with Gasteiger partial charge in [-0.25, -0.2) is 4.39 Å². The van der Waals surface area contributed by atoms with E-state index in [0.29, 0.717) is 5.56 Å². The minimum absolute atomic E-state index is 0.00624. The van der Waals surface area contributed by atoms with Gasteiger partial charge >= 0.3 is 0 Å². The third-order valence-electron chi connectivity index (χ3n) is 2.79. The summed E-state index contributed by atoms with van der Waals surface area (Å²) in [6, 6.07) is 12.6. The molecule has 102 valence electrons. The van der Waals surface area contributed by atoms with Crippen molar-refractivity contribution in [2.75, 3.05) is 6.61 Å². The Morgan fingerprint density at radius 3 is 2.40 bits per heavy atom. The van der Waals surface area contributed by atoms with Crippen LogP contribution in [0.15, 0.2) is 48.5 Å². The van der Waals surface area contributed by atoms with Crippen LogP contribution in [-0.2, 0) is 0 Å². The fraction of sp³-hybridized carbons (Fsp3) is 0.125. The number of hydrogen-bond acceptors (Lipinski definition) is 3. The highest BCUT2D eigenvalue weighted by atomic mass is 19.1. The molecular formula is C16H13FO3. The molecule has 0 heterocycles. The summed E-state index contributed by atoms with van der Waals surface area (Å²) >= 11 is 0. The molecule has 0 fully saturated rings. The smallest absolute Gasteiger partial charge is 0.200 e. The highest BCUT2D eigenvalue weighted by Crippen LogP contribution is 2.17. The summed E-state index contributed by atoms with van der Waals surface area (Å²) in [7, 11) is 0. The number of rotatable bonds is 5. The van der Waals surface area contributed by atoms with Gasteiger partial charge in [-0.15, -0.1) is 0 Å². The summed E-state index contributed by atoms with van der Waals surface area (Å²) in [5.74, 6) is -0.977. The topological polar surface area (TPSA) is 43.4 Å². The van der Waals surface area contributed by atoms with Crippen LogP contribution in [0.25, 0.3) is 0 Å². The van der Waals surface area contributed by atoms with E-state index in [-0.39, 0.29) is 29.5 Å². The summed E-state index contributed by atoms with van der Waals surface area (Å²) in [4.78, 5) is 22.9. The van der Waals surface area contributed by atoms with Gasteiger partial charge in [0.05, 0.1) is 5.56 Å². The first-order valence-corrected chi connectivity index (χ1v) is 6.09. The van der Waals surface area contributed by atoms with E-state index in [9.17, 15) is 14.0 Å². The molecule has 20 heavy (non-hydrogen) atoms. The molecule has 0 bridgehead atoms. The molecule has 3 nitrogen and oxygen atoms in total. The SMILES string of the molecule is CC(=O)c1ccc(OCC(=O)c2ccccc2)cc1F. The lowest BCUT2D eigenvalue weighted by molar-refractivity contribution is 0.0920. The lowest BCUT2D eigenvalue weighted by Gasteiger charge is -2.07. The Balaban J connectivity index is 2.03. The fourth-order valence-electron chi connectivity index (χ4n) is 1.73. The Hall–Kier alpha value is -2.49. The second-order valence-corrected chi connectivity index (χ2v) is 4.28. The van der Waals surface area contributed by atoms with Gasteiger partial charge < -0.3 is 4.74 Å². The average molecular weight is 272 g/mol. The van der Waals surface area contributed by atoms with Crippen molar-refractivity contribution in [3.63, 3.8) is 0 Å². The zero-order valence-corrected chi connectivity index (χ0v) is 10.9. The highest BCUT2D eigenvalue weighted by Gasteiger charge is 2.10. The van der Waals surface area contributed by atoms with E-state index in [0.717, 1.165) is 6.07 Å². The van der Waals surface area contributed by atoms with Crippen molar-refractivity contribution < 1.29 is 18.7 Å². The second-order valence-electron chi connectivity index (χ2n) is 4.28. The van der Waals surface area contributed by atoms with Gasteiger partial charge in [0.1, 0.15) is 11.6 Å². The zero-order valence-electron chi connectivity index (χ0n) is 10.9. The van der Waals surface area contributed by atoms with Gasteiger partial charge in [-0.05, 0) is 19.1 Å². The monoisotopic (exact) mass is 272 g/mol. The summed E-state index contributed by atoms with van der Waals surface area (Å²) < 4.78 is 18.8. The van der Waals surface area contributed by atoms with E-state index in [1.54, 1.807) is 24.3 Å². The van der Waals surface area contributed by atoms with Crippen molar-refractivity contribution in [2.24, 2.45) is 0 Å². The van der Waals surface area contributed by atoms with Crippen LogP contribution in [0, 0.1) is 5.82 Å². The summed E-state index contributed by atoms with van der Waals surface area (Å²) in [5.41, 5.74) is 0.542. The van der Waals surface area contributed by atoms with Crippen molar-refractivity contribution in [2.45, 2.75) is 6.92 Å². The van der Waals surface area contributed by atoms with Gasteiger partial charge in [-0.1, -0.05) is 30.3 Å². The van der Waals surface area contributed by atoms with Crippen LogP contribution in [0.4, 0.5) is 4.39 Å². The molecule has 0 atom stereocenters. The van der Waals surface area contributed by atoms with Crippen LogP contribution in [0.5, 0.6) is 5.75 Å². The minimum Gasteiger partial charge on any atom is -0.485 e. The normalized spacial score (nSPS) is 10.1. The molecule has 0 unspecified atom stereocenters. The third kappa shape index (κ3) is 3.29. The molecule has 0 saturated heterocycles. The van der Waals surface area contributed by atoms with E-state index in [4.69, 9.17) is 4.74 Å². The summed E-state index contributed by atoms with van der Waals surface area (Å²) in [6.07, 6.45) is 0. The van der Waals surface area contributed by atoms with Crippen LogP contribution < -0.4 is 4.74 Å². The summed E-state index contributed by atoms with van der Waals surface area (Å²) in [5, 5.41) is 0. The Labute approximate surface area is 116 Å². The molecule has 0 N–H and O–H groups in total. The van der Waals surface area contributed by atoms with Gasteiger partial charge in [0.2, 0.25) is 0 Å². The molecule has 2 rings (SSSR count). The fourth-order valence-corrected chi connectivity index (χ4v) is 1.73. The maximum atomic E-state index is 13.6. The number of benzene rings is 2. The van der Waals surface area contributed by atoms with Crippen molar-refractivity contribution in [1.29, 1.82) is 0 Å². The van der Waals surface area contributed by atoms with E-state index < -0.39 is 5.82 Å². The van der Waals surface area contributed by atoms with Gasteiger partial charge in [0.25, 0.3) is 0 Å². The van der Waals surface area contributed by atoms with Crippen LogP contribution in [-0.4, -0.2) is 18.2 Å². The summed E-state index contributed by atoms with van der Waals surface area (Å²) in [6.45, 7) is 1.11. The molecule has 4 heteroatoms. The largest absolute Gasteiger partial charge is 0.485 e. The predicted molar refractivity (Wildman–Crippen MR) is 72.7 cm³/mol. The number of ketones is 2. The van der Waals surface area contributed by atoms with Gasteiger partial charge in [-0.2, -0.15) is 0 Å². The number of ether oxygens (including phenoxy) is 1. The predicted octanol–water partition coefficient (Wildman–Crippen LogP) is 3.29. The minimum atomic E-state index is -0.651. The van der Waals surface area contributed by atoms with Gasteiger partial charge in [0, 0.05) is 11.6 Å². The first-order chi connectivity index (χ1) is 9.58. The first-order valence-electron chi connectivity index (χ1n) is 6.09. The first kappa shape index (κ1) is 13.9. The lowest BCUT2D eigenvalue weighted by atomic mass is 10.1. The van der Waals surface area contributed by atoms with E-state index in [2.05, 4.69) is 0 Å². The maximum Gasteiger partial charge on any atom is 0.200 e.